The summed E-state index contributed by atoms with van der Waals surface area (Å²) in [6, 6.07) is 0. The monoisotopic (exact) mass is 201 g/mol. The number of nitrogens with one attached hydrogen (secondary N) is 1. The lowest BCUT2D eigenvalue weighted by Crippen LogP contribution is -2.40. The molecule has 0 aliphatic carbocycles. The second kappa shape index (κ2) is 7.14. The Labute approximate surface area is 84.4 Å². The van der Waals surface area contributed by atoms with Crippen molar-refractivity contribution in [3.05, 3.63) is 0 Å². The van der Waals surface area contributed by atoms with Crippen LogP contribution < -0.4 is 11.5 Å². The first kappa shape index (κ1) is 12.7. The van der Waals surface area contributed by atoms with Crippen LogP contribution in [-0.4, -0.2) is 43.1 Å². The summed E-state index contributed by atoms with van der Waals surface area (Å²) < 4.78 is 5.18. The van der Waals surface area contributed by atoms with Crippen molar-refractivity contribution in [2.75, 3.05) is 26.3 Å². The standard InChI is InChI=1S/C8H19N5O/c1-3-13(5-6-14-4-2)8(11)12-7(9)10/h3-6H2,1-2H3,(H5,9,10,11,12). The van der Waals surface area contributed by atoms with Gasteiger partial charge in [-0.25, -0.2) is 0 Å². The molecule has 0 unspecified atom stereocenters. The molecule has 0 aliphatic rings. The van der Waals surface area contributed by atoms with Gasteiger partial charge in [-0.15, -0.1) is 0 Å². The van der Waals surface area contributed by atoms with Gasteiger partial charge in [0.1, 0.15) is 0 Å². The van der Waals surface area contributed by atoms with Gasteiger partial charge < -0.3 is 21.1 Å². The van der Waals surface area contributed by atoms with E-state index in [9.17, 15) is 0 Å². The quantitative estimate of drug-likeness (QED) is 0.318. The first-order valence-electron chi connectivity index (χ1n) is 4.62. The van der Waals surface area contributed by atoms with E-state index in [0.717, 1.165) is 6.54 Å². The molecule has 0 saturated heterocycles. The average Bonchev–Trinajstić information content (AvgIpc) is 2.11. The van der Waals surface area contributed by atoms with Crippen molar-refractivity contribution in [3.63, 3.8) is 0 Å². The van der Waals surface area contributed by atoms with Crippen LogP contribution in [0.2, 0.25) is 0 Å². The molecule has 0 aromatic carbocycles. The molecule has 0 saturated carbocycles. The van der Waals surface area contributed by atoms with E-state index >= 15 is 0 Å². The molecule has 0 atom stereocenters. The van der Waals surface area contributed by atoms with Crippen molar-refractivity contribution in [2.24, 2.45) is 16.5 Å². The van der Waals surface area contributed by atoms with E-state index in [1.165, 1.54) is 0 Å². The molecule has 5 N–H and O–H groups in total. The van der Waals surface area contributed by atoms with Crippen LogP contribution in [0.25, 0.3) is 0 Å². The Hall–Kier alpha value is -1.30. The zero-order valence-electron chi connectivity index (χ0n) is 8.79. The lowest BCUT2D eigenvalue weighted by atomic mass is 10.5. The van der Waals surface area contributed by atoms with Gasteiger partial charge in [-0.05, 0) is 13.8 Å². The fourth-order valence-corrected chi connectivity index (χ4v) is 0.948. The Kier molecular flexibility index (Phi) is 6.47. The summed E-state index contributed by atoms with van der Waals surface area (Å²) in [7, 11) is 0. The van der Waals surface area contributed by atoms with Crippen molar-refractivity contribution >= 4 is 11.9 Å². The van der Waals surface area contributed by atoms with Gasteiger partial charge >= 0.3 is 0 Å². The normalized spacial score (nSPS) is 11.4. The Bertz CT molecular complexity index is 204. The van der Waals surface area contributed by atoms with Crippen LogP contribution in [0.1, 0.15) is 13.8 Å². The number of rotatable bonds is 5. The highest BCUT2D eigenvalue weighted by Gasteiger charge is 2.04. The highest BCUT2D eigenvalue weighted by Crippen LogP contribution is 1.88. The van der Waals surface area contributed by atoms with E-state index < -0.39 is 0 Å². The van der Waals surface area contributed by atoms with Gasteiger partial charge in [-0.3, -0.25) is 5.41 Å². The maximum absolute atomic E-state index is 6.96. The molecule has 0 aromatic heterocycles. The molecular weight excluding hydrogens is 182 g/mol. The zero-order chi connectivity index (χ0) is 11.0. The number of likely N-dealkylation sites (N-methyl/N-ethyl adjacent to an activating group) is 1. The van der Waals surface area contributed by atoms with E-state index in [2.05, 4.69) is 4.99 Å². The highest BCUT2D eigenvalue weighted by atomic mass is 16.5. The third kappa shape index (κ3) is 5.36. The topological polar surface area (TPSA) is 101 Å². The summed E-state index contributed by atoms with van der Waals surface area (Å²) in [5, 5.41) is 6.96. The Morgan fingerprint density at radius 2 is 2.07 bits per heavy atom. The fraction of sp³-hybridized carbons (Fsp3) is 0.750. The van der Waals surface area contributed by atoms with Gasteiger partial charge in [0.15, 0.2) is 5.96 Å². The second-order valence-corrected chi connectivity index (χ2v) is 2.63. The van der Waals surface area contributed by atoms with Gasteiger partial charge in [0.2, 0.25) is 5.96 Å². The van der Waals surface area contributed by atoms with E-state index in [-0.39, 0.29) is 11.9 Å². The second-order valence-electron chi connectivity index (χ2n) is 2.63. The lowest BCUT2D eigenvalue weighted by molar-refractivity contribution is 0.133. The van der Waals surface area contributed by atoms with E-state index in [1.807, 2.05) is 13.8 Å². The van der Waals surface area contributed by atoms with Crippen LogP contribution in [0.15, 0.2) is 4.99 Å². The number of aliphatic imine (C=N–C) groups is 1. The maximum Gasteiger partial charge on any atom is 0.215 e. The zero-order valence-corrected chi connectivity index (χ0v) is 8.79. The van der Waals surface area contributed by atoms with Gasteiger partial charge in [0.05, 0.1) is 6.61 Å². The third-order valence-electron chi connectivity index (χ3n) is 1.65. The average molecular weight is 201 g/mol. The smallest absolute Gasteiger partial charge is 0.215 e. The molecule has 0 radical (unpaired) electrons. The van der Waals surface area contributed by atoms with Gasteiger partial charge in [0, 0.05) is 19.7 Å². The Morgan fingerprint density at radius 3 is 2.50 bits per heavy atom. The number of nitrogens with zero attached hydrogens (tertiary/aromatic N) is 2. The third-order valence-corrected chi connectivity index (χ3v) is 1.65. The predicted molar refractivity (Wildman–Crippen MR) is 57.3 cm³/mol. The molecule has 0 rings (SSSR count). The first-order chi connectivity index (χ1) is 6.61. The van der Waals surface area contributed by atoms with Crippen LogP contribution >= 0.6 is 0 Å². The summed E-state index contributed by atoms with van der Waals surface area (Å²) >= 11 is 0. The molecule has 14 heavy (non-hydrogen) atoms. The van der Waals surface area contributed by atoms with E-state index in [1.54, 1.807) is 4.90 Å². The maximum atomic E-state index is 6.96. The van der Waals surface area contributed by atoms with Crippen LogP contribution in [0.3, 0.4) is 0 Å². The van der Waals surface area contributed by atoms with Crippen LogP contribution in [-0.2, 0) is 4.74 Å². The summed E-state index contributed by atoms with van der Waals surface area (Å²) in [5.41, 5.74) is 10.7. The molecule has 0 spiro atoms. The molecule has 0 bridgehead atoms. The van der Waals surface area contributed by atoms with Gasteiger partial charge in [-0.1, -0.05) is 0 Å². The van der Waals surface area contributed by atoms with Crippen molar-refractivity contribution in [3.8, 4) is 0 Å². The number of ether oxygens (including phenoxy) is 1. The number of nitrogens with two attached hydrogens (primary N) is 2. The molecule has 0 heterocycles. The van der Waals surface area contributed by atoms with Gasteiger partial charge in [-0.2, -0.15) is 4.99 Å². The van der Waals surface area contributed by atoms with Gasteiger partial charge in [0.25, 0.3) is 0 Å². The molecule has 0 amide bonds. The SMILES string of the molecule is CCOCCN(CC)/C(N)=N/C(=N)N. The van der Waals surface area contributed by atoms with Crippen molar-refractivity contribution in [1.82, 2.24) is 4.90 Å². The molecule has 6 heteroatoms. The fourth-order valence-electron chi connectivity index (χ4n) is 0.948. The largest absolute Gasteiger partial charge is 0.380 e. The molecule has 82 valence electrons. The van der Waals surface area contributed by atoms with E-state index in [0.29, 0.717) is 19.8 Å². The summed E-state index contributed by atoms with van der Waals surface area (Å²) in [5.74, 6) is -0.0166. The number of hydrogen-bond donors (Lipinski definition) is 3. The van der Waals surface area contributed by atoms with Crippen LogP contribution in [0.5, 0.6) is 0 Å². The minimum atomic E-state index is -0.280. The lowest BCUT2D eigenvalue weighted by Gasteiger charge is -2.21. The van der Waals surface area contributed by atoms with E-state index in [4.69, 9.17) is 21.6 Å². The number of guanidine groups is 2. The minimum absolute atomic E-state index is 0.264. The van der Waals surface area contributed by atoms with Crippen LogP contribution in [0.4, 0.5) is 0 Å². The van der Waals surface area contributed by atoms with Crippen molar-refractivity contribution in [2.45, 2.75) is 13.8 Å². The minimum Gasteiger partial charge on any atom is -0.380 e. The Balaban J connectivity index is 4.05. The Morgan fingerprint density at radius 1 is 1.43 bits per heavy atom. The summed E-state index contributed by atoms with van der Waals surface area (Å²) in [4.78, 5) is 5.46. The van der Waals surface area contributed by atoms with Crippen molar-refractivity contribution in [1.29, 1.82) is 5.41 Å². The molecule has 0 aliphatic heterocycles. The van der Waals surface area contributed by atoms with Crippen LogP contribution in [0, 0.1) is 5.41 Å². The summed E-state index contributed by atoms with van der Waals surface area (Å²) in [6.07, 6.45) is 0. The predicted octanol–water partition coefficient (Wildman–Crippen LogP) is -0.447. The number of hydrogen-bond acceptors (Lipinski definition) is 2. The summed E-state index contributed by atoms with van der Waals surface area (Å²) in [6.45, 7) is 6.54. The molecular formula is C8H19N5O. The molecule has 0 aromatic rings. The van der Waals surface area contributed by atoms with Crippen molar-refractivity contribution < 1.29 is 4.74 Å². The molecule has 0 fully saturated rings. The highest BCUT2D eigenvalue weighted by molar-refractivity contribution is 5.91. The molecule has 6 nitrogen and oxygen atoms in total. The first-order valence-corrected chi connectivity index (χ1v) is 4.62.